The van der Waals surface area contributed by atoms with E-state index in [4.69, 9.17) is 10.5 Å². The van der Waals surface area contributed by atoms with Gasteiger partial charge in [0.2, 0.25) is 5.91 Å². The van der Waals surface area contributed by atoms with Gasteiger partial charge in [0.25, 0.3) is 0 Å². The monoisotopic (exact) mass is 310 g/mol. The highest BCUT2D eigenvalue weighted by Crippen LogP contribution is 2.14. The highest BCUT2D eigenvalue weighted by Gasteiger charge is 2.18. The van der Waals surface area contributed by atoms with Gasteiger partial charge in [0.15, 0.2) is 0 Å². The average molecular weight is 310 g/mol. The quantitative estimate of drug-likeness (QED) is 0.754. The van der Waals surface area contributed by atoms with Crippen LogP contribution in [0.15, 0.2) is 24.3 Å². The van der Waals surface area contributed by atoms with Crippen molar-refractivity contribution in [2.75, 3.05) is 29.2 Å². The van der Waals surface area contributed by atoms with Crippen molar-refractivity contribution in [3.63, 3.8) is 0 Å². The van der Waals surface area contributed by atoms with E-state index in [-0.39, 0.29) is 12.0 Å². The number of carbonyl (C=O) groups excluding carboxylic acids is 1. The number of benzene rings is 1. The minimum Gasteiger partial charge on any atom is -0.399 e. The minimum absolute atomic E-state index is 0.0612. The average Bonchev–Trinajstić information content (AvgIpc) is 2.94. The summed E-state index contributed by atoms with van der Waals surface area (Å²) in [5.74, 6) is 1.09. The molecule has 0 radical (unpaired) electrons. The molecular formula is C15H22N2O3S. The molecule has 0 saturated carbocycles. The van der Waals surface area contributed by atoms with Crippen molar-refractivity contribution >= 4 is 28.1 Å². The van der Waals surface area contributed by atoms with Crippen LogP contribution >= 0.6 is 0 Å². The fourth-order valence-corrected chi connectivity index (χ4v) is 3.56. The van der Waals surface area contributed by atoms with Gasteiger partial charge in [-0.05, 0) is 43.5 Å². The van der Waals surface area contributed by atoms with Crippen molar-refractivity contribution in [2.24, 2.45) is 0 Å². The second-order valence-electron chi connectivity index (χ2n) is 5.22. The number of nitrogens with one attached hydrogen (secondary N) is 1. The van der Waals surface area contributed by atoms with Crippen molar-refractivity contribution in [2.45, 2.75) is 31.8 Å². The molecule has 0 aromatic heterocycles. The van der Waals surface area contributed by atoms with E-state index in [0.29, 0.717) is 30.0 Å². The Labute approximate surface area is 127 Å². The molecule has 1 saturated heterocycles. The molecular weight excluding hydrogens is 288 g/mol. The molecule has 1 heterocycles. The Morgan fingerprint density at radius 2 is 2.14 bits per heavy atom. The zero-order valence-electron chi connectivity index (χ0n) is 12.0. The number of amides is 1. The molecule has 1 fully saturated rings. The van der Waals surface area contributed by atoms with Crippen LogP contribution in [-0.2, 0) is 20.3 Å². The molecule has 1 amide bonds. The van der Waals surface area contributed by atoms with Crippen LogP contribution in [-0.4, -0.2) is 34.3 Å². The van der Waals surface area contributed by atoms with E-state index in [1.54, 1.807) is 24.3 Å². The van der Waals surface area contributed by atoms with Gasteiger partial charge in [0.05, 0.1) is 6.10 Å². The van der Waals surface area contributed by atoms with Crippen LogP contribution in [0.1, 0.15) is 25.7 Å². The van der Waals surface area contributed by atoms with Crippen LogP contribution in [0.2, 0.25) is 0 Å². The second kappa shape index (κ2) is 8.14. The lowest BCUT2D eigenvalue weighted by Crippen LogP contribution is -2.18. The Bertz CT molecular complexity index is 484. The van der Waals surface area contributed by atoms with E-state index >= 15 is 0 Å². The third kappa shape index (κ3) is 5.85. The van der Waals surface area contributed by atoms with Gasteiger partial charge < -0.3 is 15.8 Å². The molecule has 0 bridgehead atoms. The number of nitrogen functional groups attached to an aromatic ring is 1. The van der Waals surface area contributed by atoms with Crippen LogP contribution in [0.5, 0.6) is 0 Å². The lowest BCUT2D eigenvalue weighted by atomic mass is 10.2. The zero-order valence-corrected chi connectivity index (χ0v) is 12.9. The van der Waals surface area contributed by atoms with Gasteiger partial charge >= 0.3 is 0 Å². The Kier molecular flexibility index (Phi) is 6.20. The molecule has 1 aliphatic heterocycles. The van der Waals surface area contributed by atoms with Crippen LogP contribution in [0.25, 0.3) is 0 Å². The fraction of sp³-hybridized carbons (Fsp3) is 0.533. The van der Waals surface area contributed by atoms with Crippen LogP contribution in [0, 0.1) is 0 Å². The first-order valence-electron chi connectivity index (χ1n) is 7.25. The maximum absolute atomic E-state index is 11.9. The van der Waals surface area contributed by atoms with Crippen molar-refractivity contribution in [1.29, 1.82) is 0 Å². The molecule has 6 heteroatoms. The highest BCUT2D eigenvalue weighted by molar-refractivity contribution is 7.85. The smallest absolute Gasteiger partial charge is 0.224 e. The maximum atomic E-state index is 11.9. The molecule has 3 N–H and O–H groups in total. The summed E-state index contributed by atoms with van der Waals surface area (Å²) in [6.45, 7) is 0.784. The second-order valence-corrected chi connectivity index (χ2v) is 6.84. The van der Waals surface area contributed by atoms with Crippen molar-refractivity contribution in [3.8, 4) is 0 Å². The molecule has 1 aromatic carbocycles. The molecule has 1 aromatic rings. The molecule has 5 nitrogen and oxygen atoms in total. The fourth-order valence-electron chi connectivity index (χ4n) is 2.25. The zero-order chi connectivity index (χ0) is 15.1. The first kappa shape index (κ1) is 16.0. The summed E-state index contributed by atoms with van der Waals surface area (Å²) in [7, 11) is -0.897. The lowest BCUT2D eigenvalue weighted by Gasteiger charge is -2.09. The van der Waals surface area contributed by atoms with Gasteiger partial charge in [-0.2, -0.15) is 0 Å². The molecule has 21 heavy (non-hydrogen) atoms. The molecule has 1 aliphatic rings. The third-order valence-electron chi connectivity index (χ3n) is 3.37. The van der Waals surface area contributed by atoms with Gasteiger partial charge in [-0.3, -0.25) is 9.00 Å². The Morgan fingerprint density at radius 3 is 2.81 bits per heavy atom. The SMILES string of the molecule is Nc1ccc(NC(=O)CCCS(=O)CC2CCCO2)cc1. The predicted molar refractivity (Wildman–Crippen MR) is 85.6 cm³/mol. The molecule has 2 rings (SSSR count). The number of ether oxygens (including phenoxy) is 1. The number of hydrogen-bond donors (Lipinski definition) is 2. The minimum atomic E-state index is -0.897. The summed E-state index contributed by atoms with van der Waals surface area (Å²) in [4.78, 5) is 11.8. The number of hydrogen-bond acceptors (Lipinski definition) is 4. The van der Waals surface area contributed by atoms with Gasteiger partial charge in [0, 0.05) is 46.7 Å². The van der Waals surface area contributed by atoms with E-state index in [1.165, 1.54) is 0 Å². The number of anilines is 2. The first-order valence-corrected chi connectivity index (χ1v) is 8.74. The van der Waals surface area contributed by atoms with E-state index in [1.807, 2.05) is 0 Å². The van der Waals surface area contributed by atoms with Gasteiger partial charge in [-0.1, -0.05) is 0 Å². The van der Waals surface area contributed by atoms with Gasteiger partial charge in [-0.15, -0.1) is 0 Å². The van der Waals surface area contributed by atoms with Gasteiger partial charge in [0.1, 0.15) is 0 Å². The molecule has 2 unspecified atom stereocenters. The molecule has 116 valence electrons. The highest BCUT2D eigenvalue weighted by atomic mass is 32.2. The summed E-state index contributed by atoms with van der Waals surface area (Å²) in [6, 6.07) is 7.02. The van der Waals surface area contributed by atoms with E-state index in [9.17, 15) is 9.00 Å². The molecule has 0 spiro atoms. The first-order chi connectivity index (χ1) is 10.1. The maximum Gasteiger partial charge on any atom is 0.224 e. The van der Waals surface area contributed by atoms with E-state index in [0.717, 1.165) is 25.1 Å². The number of nitrogens with two attached hydrogens (primary N) is 1. The standard InChI is InChI=1S/C15H22N2O3S/c16-12-5-7-13(8-6-12)17-15(18)4-2-10-21(19)11-14-3-1-9-20-14/h5-8,14H,1-4,9-11,16H2,(H,17,18). The van der Waals surface area contributed by atoms with Gasteiger partial charge in [-0.25, -0.2) is 0 Å². The number of rotatable bonds is 7. The predicted octanol–water partition coefficient (Wildman–Crippen LogP) is 1.92. The van der Waals surface area contributed by atoms with Crippen molar-refractivity contribution in [3.05, 3.63) is 24.3 Å². The van der Waals surface area contributed by atoms with Crippen molar-refractivity contribution in [1.82, 2.24) is 0 Å². The van der Waals surface area contributed by atoms with Crippen LogP contribution in [0.3, 0.4) is 0 Å². The normalized spacial score (nSPS) is 19.3. The van der Waals surface area contributed by atoms with Crippen LogP contribution < -0.4 is 11.1 Å². The molecule has 0 aliphatic carbocycles. The largest absolute Gasteiger partial charge is 0.399 e. The van der Waals surface area contributed by atoms with Crippen LogP contribution in [0.4, 0.5) is 11.4 Å². The van der Waals surface area contributed by atoms with E-state index in [2.05, 4.69) is 5.32 Å². The number of carbonyl (C=O) groups is 1. The molecule has 2 atom stereocenters. The summed E-state index contributed by atoms with van der Waals surface area (Å²) >= 11 is 0. The Morgan fingerprint density at radius 1 is 1.38 bits per heavy atom. The Balaban J connectivity index is 1.62. The summed E-state index contributed by atoms with van der Waals surface area (Å²) < 4.78 is 17.3. The summed E-state index contributed by atoms with van der Waals surface area (Å²) in [6.07, 6.45) is 3.21. The van der Waals surface area contributed by atoms with E-state index < -0.39 is 10.8 Å². The Hall–Kier alpha value is -1.40. The van der Waals surface area contributed by atoms with Crippen molar-refractivity contribution < 1.29 is 13.7 Å². The summed E-state index contributed by atoms with van der Waals surface area (Å²) in [5.41, 5.74) is 6.98. The topological polar surface area (TPSA) is 81.4 Å². The summed E-state index contributed by atoms with van der Waals surface area (Å²) in [5, 5.41) is 2.80. The lowest BCUT2D eigenvalue weighted by molar-refractivity contribution is -0.116. The third-order valence-corrected chi connectivity index (χ3v) is 4.85.